The third-order valence-electron chi connectivity index (χ3n) is 7.13. The van der Waals surface area contributed by atoms with Crippen LogP contribution >= 0.6 is 31.9 Å². The number of imide groups is 1. The van der Waals surface area contributed by atoms with Gasteiger partial charge in [-0.25, -0.2) is 13.7 Å². The van der Waals surface area contributed by atoms with Crippen LogP contribution in [0.2, 0.25) is 0 Å². The van der Waals surface area contributed by atoms with E-state index in [4.69, 9.17) is 0 Å². The van der Waals surface area contributed by atoms with Gasteiger partial charge in [-0.1, -0.05) is 74.3 Å². The van der Waals surface area contributed by atoms with Gasteiger partial charge in [0.15, 0.2) is 0 Å². The minimum Gasteiger partial charge on any atom is -0.274 e. The first-order valence-electron chi connectivity index (χ1n) is 11.1. The normalized spacial score (nSPS) is 24.5. The summed E-state index contributed by atoms with van der Waals surface area (Å²) in [6.07, 6.45) is 3.93. The van der Waals surface area contributed by atoms with Gasteiger partial charge in [-0.15, -0.1) is 0 Å². The van der Waals surface area contributed by atoms with Crippen LogP contribution in [0.4, 0.5) is 14.5 Å². The molecule has 1 saturated heterocycles. The van der Waals surface area contributed by atoms with Crippen molar-refractivity contribution in [2.45, 2.75) is 0 Å². The summed E-state index contributed by atoms with van der Waals surface area (Å²) in [4.78, 5) is 27.8. The quantitative estimate of drug-likeness (QED) is 0.243. The van der Waals surface area contributed by atoms with Gasteiger partial charge < -0.3 is 0 Å². The van der Waals surface area contributed by atoms with E-state index < -0.39 is 41.0 Å². The number of halogens is 4. The SMILES string of the molecule is O=C1[C@@H]2[C@H](C(=O)N1c1c(F)cccc1F)[C@H]1C=C[C@@H]2C1=C(c1ccc(Br)cc1)c1ccc(Br)cc1. The fourth-order valence-electron chi connectivity index (χ4n) is 5.75. The van der Waals surface area contributed by atoms with Crippen molar-refractivity contribution in [1.82, 2.24) is 0 Å². The first-order chi connectivity index (χ1) is 16.9. The second-order valence-corrected chi connectivity index (χ2v) is 10.7. The summed E-state index contributed by atoms with van der Waals surface area (Å²) in [6.45, 7) is 0. The van der Waals surface area contributed by atoms with Gasteiger partial charge in [0, 0.05) is 20.8 Å². The summed E-state index contributed by atoms with van der Waals surface area (Å²) in [6, 6.07) is 19.2. The highest BCUT2D eigenvalue weighted by Gasteiger charge is 2.63. The molecule has 0 N–H and O–H groups in total. The van der Waals surface area contributed by atoms with Crippen molar-refractivity contribution in [3.05, 3.63) is 116 Å². The van der Waals surface area contributed by atoms with Crippen molar-refractivity contribution in [2.24, 2.45) is 23.7 Å². The number of benzene rings is 3. The summed E-state index contributed by atoms with van der Waals surface area (Å²) in [5.41, 5.74) is 3.34. The second-order valence-electron chi connectivity index (χ2n) is 8.91. The van der Waals surface area contributed by atoms with E-state index in [1.807, 2.05) is 60.7 Å². The maximum atomic E-state index is 14.5. The monoisotopic (exact) mass is 595 g/mol. The molecule has 4 atom stereocenters. The number of para-hydroxylation sites is 1. The minimum absolute atomic E-state index is 0.330. The molecule has 1 heterocycles. The molecule has 2 fully saturated rings. The number of amides is 2. The zero-order valence-electron chi connectivity index (χ0n) is 18.1. The maximum Gasteiger partial charge on any atom is 0.238 e. The highest BCUT2D eigenvalue weighted by atomic mass is 79.9. The molecule has 0 unspecified atom stereocenters. The molecule has 7 heteroatoms. The van der Waals surface area contributed by atoms with Crippen LogP contribution in [0.5, 0.6) is 0 Å². The van der Waals surface area contributed by atoms with Crippen LogP contribution < -0.4 is 4.90 Å². The van der Waals surface area contributed by atoms with Gasteiger partial charge in [-0.2, -0.15) is 0 Å². The van der Waals surface area contributed by atoms with Crippen molar-refractivity contribution < 1.29 is 18.4 Å². The average Bonchev–Trinajstić information content (AvgIpc) is 3.47. The third-order valence-corrected chi connectivity index (χ3v) is 8.19. The Morgan fingerprint density at radius 3 is 1.54 bits per heavy atom. The minimum atomic E-state index is -0.923. The van der Waals surface area contributed by atoms with Gasteiger partial charge in [-0.3, -0.25) is 9.59 Å². The van der Waals surface area contributed by atoms with Crippen molar-refractivity contribution >= 4 is 54.9 Å². The van der Waals surface area contributed by atoms with E-state index in [0.29, 0.717) is 0 Å². The van der Waals surface area contributed by atoms with Crippen molar-refractivity contribution in [3.63, 3.8) is 0 Å². The molecular weight excluding hydrogens is 580 g/mol. The van der Waals surface area contributed by atoms with E-state index in [1.165, 1.54) is 6.07 Å². The lowest BCUT2D eigenvalue weighted by Gasteiger charge is -2.22. The molecule has 0 aromatic heterocycles. The van der Waals surface area contributed by atoms with Crippen LogP contribution in [-0.2, 0) is 9.59 Å². The van der Waals surface area contributed by atoms with Crippen LogP contribution in [0, 0.1) is 35.3 Å². The van der Waals surface area contributed by atoms with Crippen LogP contribution in [0.15, 0.2) is 93.4 Å². The maximum absolute atomic E-state index is 14.5. The number of nitrogens with zero attached hydrogens (tertiary/aromatic N) is 1. The Morgan fingerprint density at radius 2 is 1.11 bits per heavy atom. The van der Waals surface area contributed by atoms with Gasteiger partial charge in [0.05, 0.1) is 11.8 Å². The Bertz CT molecular complexity index is 1350. The largest absolute Gasteiger partial charge is 0.274 e. The number of carbonyl (C=O) groups is 2. The number of carbonyl (C=O) groups excluding carboxylic acids is 2. The number of hydrogen-bond donors (Lipinski definition) is 0. The summed E-state index contributed by atoms with van der Waals surface area (Å²) >= 11 is 6.97. The molecular formula is C28H17Br2F2NO2. The number of anilines is 1. The van der Waals surface area contributed by atoms with E-state index in [0.717, 1.165) is 48.3 Å². The molecule has 3 aromatic rings. The molecule has 2 bridgehead atoms. The smallest absolute Gasteiger partial charge is 0.238 e. The van der Waals surface area contributed by atoms with E-state index >= 15 is 0 Å². The number of fused-ring (bicyclic) bond motifs is 5. The molecule has 6 rings (SSSR count). The van der Waals surface area contributed by atoms with E-state index in [2.05, 4.69) is 31.9 Å². The number of hydrogen-bond acceptors (Lipinski definition) is 2. The van der Waals surface area contributed by atoms with Crippen LogP contribution in [0.3, 0.4) is 0 Å². The molecule has 1 saturated carbocycles. The Morgan fingerprint density at radius 1 is 0.686 bits per heavy atom. The van der Waals surface area contributed by atoms with Crippen LogP contribution in [0.1, 0.15) is 11.1 Å². The third kappa shape index (κ3) is 3.39. The molecule has 2 aliphatic carbocycles. The molecule has 35 heavy (non-hydrogen) atoms. The highest BCUT2D eigenvalue weighted by molar-refractivity contribution is 9.10. The first kappa shape index (κ1) is 22.6. The summed E-state index contributed by atoms with van der Waals surface area (Å²) < 4.78 is 30.9. The standard InChI is InChI=1S/C28H17Br2F2NO2/c29-16-8-4-14(5-9-16)22(15-6-10-17(30)11-7-15)23-18-12-13-19(23)25-24(18)27(34)33(28(25)35)26-20(31)2-1-3-21(26)32/h1-13,18-19,24-25H/t18-,19+,24+,25-. The van der Waals surface area contributed by atoms with E-state index in [1.54, 1.807) is 0 Å². The van der Waals surface area contributed by atoms with Gasteiger partial charge in [0.25, 0.3) is 0 Å². The lowest BCUT2D eigenvalue weighted by atomic mass is 9.85. The van der Waals surface area contributed by atoms with Crippen molar-refractivity contribution in [3.8, 4) is 0 Å². The Balaban J connectivity index is 1.50. The predicted molar refractivity (Wildman–Crippen MR) is 136 cm³/mol. The lowest BCUT2D eigenvalue weighted by Crippen LogP contribution is -2.34. The van der Waals surface area contributed by atoms with Crippen molar-refractivity contribution in [2.75, 3.05) is 4.90 Å². The molecule has 1 aliphatic heterocycles. The summed E-state index contributed by atoms with van der Waals surface area (Å²) in [5.74, 6) is -4.98. The van der Waals surface area contributed by atoms with Gasteiger partial charge >= 0.3 is 0 Å². The highest BCUT2D eigenvalue weighted by Crippen LogP contribution is 2.59. The predicted octanol–water partition coefficient (Wildman–Crippen LogP) is 6.91. The summed E-state index contributed by atoms with van der Waals surface area (Å²) in [5, 5.41) is 0. The van der Waals surface area contributed by atoms with E-state index in [-0.39, 0.29) is 11.8 Å². The molecule has 3 aromatic carbocycles. The molecule has 0 radical (unpaired) electrons. The Labute approximate surface area is 217 Å². The molecule has 0 spiro atoms. The Hall–Kier alpha value is -2.90. The van der Waals surface area contributed by atoms with Crippen LogP contribution in [-0.4, -0.2) is 11.8 Å². The average molecular weight is 597 g/mol. The fraction of sp³-hybridized carbons (Fsp3) is 0.143. The zero-order chi connectivity index (χ0) is 24.4. The Kier molecular flexibility index (Phi) is 5.38. The lowest BCUT2D eigenvalue weighted by molar-refractivity contribution is -0.123. The zero-order valence-corrected chi connectivity index (χ0v) is 21.3. The van der Waals surface area contributed by atoms with Gasteiger partial charge in [0.1, 0.15) is 17.3 Å². The molecule has 3 aliphatic rings. The van der Waals surface area contributed by atoms with Crippen molar-refractivity contribution in [1.29, 1.82) is 0 Å². The molecule has 3 nitrogen and oxygen atoms in total. The first-order valence-corrected chi connectivity index (χ1v) is 12.7. The van der Waals surface area contributed by atoms with Gasteiger partial charge in [-0.05, 0) is 58.7 Å². The number of allylic oxidation sites excluding steroid dienone is 3. The van der Waals surface area contributed by atoms with Crippen LogP contribution in [0.25, 0.3) is 5.57 Å². The number of rotatable bonds is 3. The fourth-order valence-corrected chi connectivity index (χ4v) is 6.28. The van der Waals surface area contributed by atoms with E-state index in [9.17, 15) is 18.4 Å². The van der Waals surface area contributed by atoms with Gasteiger partial charge in [0.2, 0.25) is 11.8 Å². The second kappa shape index (κ2) is 8.35. The molecule has 2 amide bonds. The topological polar surface area (TPSA) is 37.4 Å². The molecule has 174 valence electrons. The summed E-state index contributed by atoms with van der Waals surface area (Å²) in [7, 11) is 0.